The Kier molecular flexibility index (Phi) is 6.74. The molecule has 2 amide bonds. The minimum Gasteiger partial charge on any atom is -0.477 e. The molecule has 0 saturated heterocycles. The Morgan fingerprint density at radius 2 is 1.63 bits per heavy atom. The van der Waals surface area contributed by atoms with Crippen LogP contribution in [0.4, 0.5) is 13.6 Å². The summed E-state index contributed by atoms with van der Waals surface area (Å²) in [6.07, 6.45) is 4.81. The highest BCUT2D eigenvalue weighted by Crippen LogP contribution is 2.44. The number of carboxylic acids is 1. The summed E-state index contributed by atoms with van der Waals surface area (Å²) in [7, 11) is 0. The Hall–Kier alpha value is -3.93. The van der Waals surface area contributed by atoms with E-state index in [1.165, 1.54) is 0 Å². The van der Waals surface area contributed by atoms with E-state index >= 15 is 0 Å². The summed E-state index contributed by atoms with van der Waals surface area (Å²) in [5.74, 6) is -6.12. The Balaban J connectivity index is 1.41. The summed E-state index contributed by atoms with van der Waals surface area (Å²) in [6.45, 7) is -0.00790. The number of carbonyl (C=O) groups is 3. The predicted molar refractivity (Wildman–Crippen MR) is 123 cm³/mol. The standard InChI is InChI=1S/C26H24F2N2O5/c1-2-7-21(23(31)30-22(15-12-13-15)26(27,28)24(32)33)29-25(34)35-14-20-18-10-5-3-8-16(18)17-9-4-6-11-19(17)20/h1,3-6,8-11,15,20-22H,7,12-14H2,(H,29,34)(H,30,31)(H,32,33). The number of carboxylic acid groups (broad SMARTS) is 1. The van der Waals surface area contributed by atoms with Crippen LogP contribution in [0.25, 0.3) is 11.1 Å². The number of hydrogen-bond donors (Lipinski definition) is 3. The van der Waals surface area contributed by atoms with Crippen LogP contribution in [-0.4, -0.2) is 47.7 Å². The first-order chi connectivity index (χ1) is 16.7. The fourth-order valence-electron chi connectivity index (χ4n) is 4.43. The average Bonchev–Trinajstić information content (AvgIpc) is 3.63. The molecule has 7 nitrogen and oxygen atoms in total. The van der Waals surface area contributed by atoms with Crippen molar-refractivity contribution in [2.75, 3.05) is 6.61 Å². The number of amides is 2. The van der Waals surface area contributed by atoms with Crippen LogP contribution in [0.5, 0.6) is 0 Å². The van der Waals surface area contributed by atoms with Crippen molar-refractivity contribution in [1.82, 2.24) is 10.6 Å². The van der Waals surface area contributed by atoms with Crippen molar-refractivity contribution >= 4 is 18.0 Å². The van der Waals surface area contributed by atoms with Gasteiger partial charge in [-0.05, 0) is 41.0 Å². The first-order valence-corrected chi connectivity index (χ1v) is 11.2. The molecule has 2 aliphatic rings. The molecule has 0 radical (unpaired) electrons. The molecule has 4 rings (SSSR count). The highest BCUT2D eigenvalue weighted by atomic mass is 19.3. The van der Waals surface area contributed by atoms with Crippen LogP contribution in [0.15, 0.2) is 48.5 Å². The number of ether oxygens (including phenoxy) is 1. The molecule has 9 heteroatoms. The van der Waals surface area contributed by atoms with Crippen molar-refractivity contribution in [3.8, 4) is 23.5 Å². The van der Waals surface area contributed by atoms with E-state index in [1.807, 2.05) is 48.5 Å². The van der Waals surface area contributed by atoms with E-state index in [2.05, 4.69) is 16.6 Å². The second-order valence-electron chi connectivity index (χ2n) is 8.68. The molecule has 2 atom stereocenters. The van der Waals surface area contributed by atoms with E-state index in [0.717, 1.165) is 22.3 Å². The van der Waals surface area contributed by atoms with Gasteiger partial charge in [0.15, 0.2) is 0 Å². The Morgan fingerprint density at radius 1 is 1.06 bits per heavy atom. The number of carbonyl (C=O) groups excluding carboxylic acids is 2. The second-order valence-corrected chi connectivity index (χ2v) is 8.68. The van der Waals surface area contributed by atoms with Gasteiger partial charge in [-0.2, -0.15) is 8.78 Å². The van der Waals surface area contributed by atoms with Gasteiger partial charge >= 0.3 is 18.0 Å². The van der Waals surface area contributed by atoms with Gasteiger partial charge in [0, 0.05) is 12.3 Å². The maximum Gasteiger partial charge on any atom is 0.407 e. The van der Waals surface area contributed by atoms with Gasteiger partial charge in [-0.3, -0.25) is 4.79 Å². The SMILES string of the molecule is C#CCC(NC(=O)OCC1c2ccccc2-c2ccccc21)C(=O)NC(C1CC1)C(F)(F)C(=O)O. The molecule has 1 fully saturated rings. The van der Waals surface area contributed by atoms with Gasteiger partial charge < -0.3 is 20.5 Å². The number of rotatable bonds is 9. The van der Waals surface area contributed by atoms with Crippen LogP contribution in [0.3, 0.4) is 0 Å². The molecule has 2 unspecified atom stereocenters. The molecular weight excluding hydrogens is 458 g/mol. The first-order valence-electron chi connectivity index (χ1n) is 11.2. The predicted octanol–water partition coefficient (Wildman–Crippen LogP) is 3.53. The third-order valence-electron chi connectivity index (χ3n) is 6.34. The van der Waals surface area contributed by atoms with Crippen LogP contribution >= 0.6 is 0 Å². The van der Waals surface area contributed by atoms with Crippen molar-refractivity contribution < 1.29 is 33.0 Å². The van der Waals surface area contributed by atoms with Crippen molar-refractivity contribution in [3.63, 3.8) is 0 Å². The quantitative estimate of drug-likeness (QED) is 0.475. The molecule has 0 spiro atoms. The summed E-state index contributed by atoms with van der Waals surface area (Å²) in [5.41, 5.74) is 4.10. The third kappa shape index (κ3) is 4.97. The zero-order valence-electron chi connectivity index (χ0n) is 18.7. The van der Waals surface area contributed by atoms with Gasteiger partial charge in [0.2, 0.25) is 5.91 Å². The van der Waals surface area contributed by atoms with Crippen LogP contribution < -0.4 is 10.6 Å². The summed E-state index contributed by atoms with van der Waals surface area (Å²) in [6, 6.07) is 12.3. The lowest BCUT2D eigenvalue weighted by atomic mass is 9.98. The van der Waals surface area contributed by atoms with Crippen molar-refractivity contribution in [1.29, 1.82) is 0 Å². The van der Waals surface area contributed by atoms with E-state index in [-0.39, 0.29) is 18.9 Å². The van der Waals surface area contributed by atoms with Crippen molar-refractivity contribution in [2.45, 2.75) is 43.2 Å². The number of aliphatic carboxylic acids is 1. The van der Waals surface area contributed by atoms with Crippen LogP contribution in [0.2, 0.25) is 0 Å². The number of halogens is 2. The molecule has 0 aliphatic heterocycles. The maximum atomic E-state index is 14.1. The van der Waals surface area contributed by atoms with Gasteiger partial charge in [-0.1, -0.05) is 48.5 Å². The van der Waals surface area contributed by atoms with Gasteiger partial charge in [-0.15, -0.1) is 12.3 Å². The highest BCUT2D eigenvalue weighted by molar-refractivity contribution is 5.87. The Bertz CT molecular complexity index is 1140. The van der Waals surface area contributed by atoms with Crippen molar-refractivity contribution in [2.24, 2.45) is 5.92 Å². The molecule has 2 aromatic carbocycles. The fraction of sp³-hybridized carbons (Fsp3) is 0.346. The molecule has 35 heavy (non-hydrogen) atoms. The largest absolute Gasteiger partial charge is 0.477 e. The van der Waals surface area contributed by atoms with E-state index < -0.39 is 41.9 Å². The number of hydrogen-bond acceptors (Lipinski definition) is 4. The number of alkyl halides is 2. The average molecular weight is 482 g/mol. The molecule has 2 aromatic rings. The number of terminal acetylenes is 1. The molecule has 182 valence electrons. The van der Waals surface area contributed by atoms with Gasteiger partial charge in [0.1, 0.15) is 18.7 Å². The summed E-state index contributed by atoms with van der Waals surface area (Å²) >= 11 is 0. The van der Waals surface area contributed by atoms with E-state index in [0.29, 0.717) is 12.8 Å². The normalized spacial score (nSPS) is 16.3. The lowest BCUT2D eigenvalue weighted by Gasteiger charge is -2.26. The maximum absolute atomic E-state index is 14.1. The van der Waals surface area contributed by atoms with E-state index in [4.69, 9.17) is 16.3 Å². The van der Waals surface area contributed by atoms with Gasteiger partial charge in [0.05, 0.1) is 0 Å². The number of fused-ring (bicyclic) bond motifs is 3. The summed E-state index contributed by atoms with van der Waals surface area (Å²) in [4.78, 5) is 36.2. The lowest BCUT2D eigenvalue weighted by Crippen LogP contribution is -2.57. The van der Waals surface area contributed by atoms with Gasteiger partial charge in [0.25, 0.3) is 0 Å². The molecular formula is C26H24F2N2O5. The second kappa shape index (κ2) is 9.74. The molecule has 3 N–H and O–H groups in total. The summed E-state index contributed by atoms with van der Waals surface area (Å²) in [5, 5.41) is 13.3. The van der Waals surface area contributed by atoms with Crippen LogP contribution in [0.1, 0.15) is 36.3 Å². The first kappa shape index (κ1) is 24.2. The number of benzene rings is 2. The highest BCUT2D eigenvalue weighted by Gasteiger charge is 2.55. The molecule has 2 aliphatic carbocycles. The summed E-state index contributed by atoms with van der Waals surface area (Å²) < 4.78 is 33.7. The molecule has 0 aromatic heterocycles. The van der Waals surface area contributed by atoms with E-state index in [9.17, 15) is 23.2 Å². The number of alkyl carbamates (subject to hydrolysis) is 1. The molecule has 0 bridgehead atoms. The third-order valence-corrected chi connectivity index (χ3v) is 6.34. The van der Waals surface area contributed by atoms with Crippen molar-refractivity contribution in [3.05, 3.63) is 59.7 Å². The fourth-order valence-corrected chi connectivity index (χ4v) is 4.43. The lowest BCUT2D eigenvalue weighted by molar-refractivity contribution is -0.171. The van der Waals surface area contributed by atoms with Crippen LogP contribution in [-0.2, 0) is 14.3 Å². The molecule has 0 heterocycles. The minimum atomic E-state index is -4.15. The van der Waals surface area contributed by atoms with Gasteiger partial charge in [-0.25, -0.2) is 9.59 Å². The van der Waals surface area contributed by atoms with E-state index in [1.54, 1.807) is 0 Å². The van der Waals surface area contributed by atoms with Crippen LogP contribution in [0, 0.1) is 18.3 Å². The molecule has 1 saturated carbocycles. The Labute approximate surface area is 200 Å². The smallest absolute Gasteiger partial charge is 0.407 e. The minimum absolute atomic E-state index is 0.00790. The topological polar surface area (TPSA) is 105 Å². The number of nitrogens with one attached hydrogen (secondary N) is 2. The Morgan fingerprint density at radius 3 is 2.14 bits per heavy atom. The monoisotopic (exact) mass is 482 g/mol. The zero-order valence-corrected chi connectivity index (χ0v) is 18.7. The zero-order chi connectivity index (χ0) is 25.2.